The van der Waals surface area contributed by atoms with Crippen molar-refractivity contribution in [2.24, 2.45) is 0 Å². The summed E-state index contributed by atoms with van der Waals surface area (Å²) in [6.07, 6.45) is 0. The van der Waals surface area contributed by atoms with Crippen molar-refractivity contribution in [3.8, 4) is 11.5 Å². The zero-order chi connectivity index (χ0) is 15.1. The summed E-state index contributed by atoms with van der Waals surface area (Å²) in [7, 11) is 0. The summed E-state index contributed by atoms with van der Waals surface area (Å²) in [5.74, 6) is -2.62. The average molecular weight is 504 g/mol. The van der Waals surface area contributed by atoms with Crippen molar-refractivity contribution in [3.05, 3.63) is 59.7 Å². The second-order valence-corrected chi connectivity index (χ2v) is 3.64. The van der Waals surface area contributed by atoms with Gasteiger partial charge in [-0.1, -0.05) is 24.3 Å². The first-order chi connectivity index (χ1) is 9.43. The SMILES string of the molecule is O=C(O)c1ccccc1O.O=C(O)c1ccccc1O.[O-2].[O-2].[Zn+2].[Zn+2].[Zn+2]. The summed E-state index contributed by atoms with van der Waals surface area (Å²) in [6.45, 7) is 0. The van der Waals surface area contributed by atoms with Gasteiger partial charge in [0.2, 0.25) is 0 Å². The molecule has 120 valence electrons. The Morgan fingerprint density at radius 1 is 0.600 bits per heavy atom. The third-order valence-corrected chi connectivity index (χ3v) is 2.27. The van der Waals surface area contributed by atoms with Crippen LogP contribution in [0.3, 0.4) is 0 Å². The van der Waals surface area contributed by atoms with Gasteiger partial charge < -0.3 is 31.4 Å². The number of carbonyl (C=O) groups is 2. The van der Waals surface area contributed by atoms with Crippen LogP contribution in [0.1, 0.15) is 20.7 Å². The van der Waals surface area contributed by atoms with Crippen LogP contribution in [0.2, 0.25) is 0 Å². The van der Waals surface area contributed by atoms with Crippen LogP contribution in [0.15, 0.2) is 48.5 Å². The number of hydrogen-bond donors (Lipinski definition) is 4. The van der Waals surface area contributed by atoms with E-state index in [2.05, 4.69) is 0 Å². The number of carboxylic acid groups (broad SMARTS) is 2. The molecule has 0 bridgehead atoms. The Morgan fingerprint density at radius 2 is 0.840 bits per heavy atom. The van der Waals surface area contributed by atoms with Crippen LogP contribution in [0.4, 0.5) is 0 Å². The number of phenols is 2. The van der Waals surface area contributed by atoms with Crippen LogP contribution in [-0.2, 0) is 69.4 Å². The summed E-state index contributed by atoms with van der Waals surface area (Å²) < 4.78 is 0. The van der Waals surface area contributed by atoms with Crippen LogP contribution < -0.4 is 0 Å². The standard InChI is InChI=1S/2C7H6O3.2O.3Zn/c2*8-6-4-2-1-3-5(6)7(9)10;;;;;/h2*1-4,8H,(H,9,10);;;;;/q;;2*-2;3*+2. The molecule has 0 fully saturated rings. The topological polar surface area (TPSA) is 172 Å². The first kappa shape index (κ1) is 35.0. The Labute approximate surface area is 181 Å². The van der Waals surface area contributed by atoms with Gasteiger partial charge in [-0.3, -0.25) is 0 Å². The molecule has 0 aromatic heterocycles. The number of carboxylic acids is 2. The molecule has 8 nitrogen and oxygen atoms in total. The molecule has 0 atom stereocenters. The number of para-hydroxylation sites is 2. The van der Waals surface area contributed by atoms with E-state index in [4.69, 9.17) is 20.4 Å². The van der Waals surface area contributed by atoms with Gasteiger partial charge in [0.25, 0.3) is 0 Å². The first-order valence-corrected chi connectivity index (χ1v) is 5.46. The summed E-state index contributed by atoms with van der Waals surface area (Å²) in [5, 5.41) is 34.6. The van der Waals surface area contributed by atoms with Gasteiger partial charge in [-0.2, -0.15) is 0 Å². The second-order valence-electron chi connectivity index (χ2n) is 3.64. The van der Waals surface area contributed by atoms with E-state index in [1.54, 1.807) is 24.3 Å². The third kappa shape index (κ3) is 11.9. The van der Waals surface area contributed by atoms with E-state index in [0.717, 1.165) is 0 Å². The fraction of sp³-hybridized carbons (Fsp3) is 0. The minimum Gasteiger partial charge on any atom is -2.00 e. The molecule has 2 aromatic rings. The van der Waals surface area contributed by atoms with Crippen molar-refractivity contribution in [2.45, 2.75) is 0 Å². The van der Waals surface area contributed by atoms with Gasteiger partial charge in [0.05, 0.1) is 0 Å². The van der Waals surface area contributed by atoms with Crippen molar-refractivity contribution in [1.29, 1.82) is 0 Å². The molecule has 0 aliphatic heterocycles. The Bertz CT molecular complexity index is 581. The Hall–Kier alpha value is -1.23. The van der Waals surface area contributed by atoms with E-state index in [0.29, 0.717) is 0 Å². The molecule has 0 radical (unpaired) electrons. The minimum atomic E-state index is -1.11. The van der Waals surface area contributed by atoms with Crippen LogP contribution in [0, 0.1) is 0 Å². The van der Waals surface area contributed by atoms with Gasteiger partial charge in [0, 0.05) is 0 Å². The molecule has 0 heterocycles. The van der Waals surface area contributed by atoms with Crippen LogP contribution in [-0.4, -0.2) is 32.4 Å². The maximum atomic E-state index is 10.3. The molecule has 0 saturated carbocycles. The zero-order valence-electron chi connectivity index (χ0n) is 13.2. The molecule has 0 aliphatic carbocycles. The Balaban J connectivity index is -0.0000000889. The fourth-order valence-corrected chi connectivity index (χ4v) is 1.31. The predicted molar refractivity (Wildman–Crippen MR) is 71.5 cm³/mol. The molecule has 0 unspecified atom stereocenters. The van der Waals surface area contributed by atoms with E-state index in [1.807, 2.05) is 0 Å². The molecule has 2 rings (SSSR count). The van der Waals surface area contributed by atoms with Gasteiger partial charge in [0.1, 0.15) is 22.6 Å². The summed E-state index contributed by atoms with van der Waals surface area (Å²) in [6, 6.07) is 11.6. The number of hydrogen-bond acceptors (Lipinski definition) is 4. The molecule has 25 heavy (non-hydrogen) atoms. The molecule has 4 N–H and O–H groups in total. The molecular formula is C14H12O8Zn3+2. The number of aromatic hydroxyl groups is 2. The van der Waals surface area contributed by atoms with Gasteiger partial charge in [-0.05, 0) is 24.3 Å². The first-order valence-electron chi connectivity index (χ1n) is 5.46. The second kappa shape index (κ2) is 17.6. The van der Waals surface area contributed by atoms with Gasteiger partial charge >= 0.3 is 70.4 Å². The number of rotatable bonds is 2. The third-order valence-electron chi connectivity index (χ3n) is 2.27. The Morgan fingerprint density at radius 3 is 1.00 bits per heavy atom. The smallest absolute Gasteiger partial charge is 2.00 e. The van der Waals surface area contributed by atoms with Crippen molar-refractivity contribution in [2.75, 3.05) is 0 Å². The monoisotopic (exact) mass is 500 g/mol. The van der Waals surface area contributed by atoms with E-state index in [1.165, 1.54) is 24.3 Å². The zero-order valence-corrected chi connectivity index (χ0v) is 22.1. The van der Waals surface area contributed by atoms with Gasteiger partial charge in [0.15, 0.2) is 0 Å². The molecular weight excluding hydrogens is 492 g/mol. The normalized spacial score (nSPS) is 7.36. The summed E-state index contributed by atoms with van der Waals surface area (Å²) >= 11 is 0. The molecule has 2 aromatic carbocycles. The molecule has 0 spiro atoms. The van der Waals surface area contributed by atoms with Crippen LogP contribution >= 0.6 is 0 Å². The maximum absolute atomic E-state index is 10.3. The van der Waals surface area contributed by atoms with Crippen molar-refractivity contribution < 1.29 is 99.4 Å². The van der Waals surface area contributed by atoms with E-state index in [-0.39, 0.29) is 92.0 Å². The number of benzene rings is 2. The van der Waals surface area contributed by atoms with E-state index < -0.39 is 11.9 Å². The van der Waals surface area contributed by atoms with Crippen LogP contribution in [0.25, 0.3) is 0 Å². The summed E-state index contributed by atoms with van der Waals surface area (Å²) in [5.41, 5.74) is -0.134. The Kier molecular flexibility index (Phi) is 24.6. The van der Waals surface area contributed by atoms with Gasteiger partial charge in [-0.25, -0.2) is 9.59 Å². The van der Waals surface area contributed by atoms with Crippen molar-refractivity contribution in [1.82, 2.24) is 0 Å². The molecule has 11 heteroatoms. The maximum Gasteiger partial charge on any atom is 2.00 e. The molecule has 0 aliphatic rings. The fourth-order valence-electron chi connectivity index (χ4n) is 1.31. The van der Waals surface area contributed by atoms with Crippen molar-refractivity contribution in [3.63, 3.8) is 0 Å². The van der Waals surface area contributed by atoms with Crippen LogP contribution in [0.5, 0.6) is 11.5 Å². The minimum absolute atomic E-state index is 0. The van der Waals surface area contributed by atoms with Crippen molar-refractivity contribution >= 4 is 11.9 Å². The number of aromatic carboxylic acids is 2. The predicted octanol–water partition coefficient (Wildman–Crippen LogP) is 1.94. The van der Waals surface area contributed by atoms with E-state index >= 15 is 0 Å². The average Bonchev–Trinajstić information content (AvgIpc) is 2.40. The largest absolute Gasteiger partial charge is 2.00 e. The van der Waals surface area contributed by atoms with Gasteiger partial charge in [-0.15, -0.1) is 0 Å². The molecule has 0 saturated heterocycles. The summed E-state index contributed by atoms with van der Waals surface area (Å²) in [4.78, 5) is 20.5. The molecule has 0 amide bonds. The van der Waals surface area contributed by atoms with E-state index in [9.17, 15) is 9.59 Å². The quantitative estimate of drug-likeness (QED) is 0.455.